The lowest BCUT2D eigenvalue weighted by atomic mass is 10.1. The fourth-order valence-electron chi connectivity index (χ4n) is 2.53. The van der Waals surface area contributed by atoms with Gasteiger partial charge in [-0.05, 0) is 44.4 Å². The minimum absolute atomic E-state index is 0.328. The molecule has 2 rings (SSSR count). The predicted octanol–water partition coefficient (Wildman–Crippen LogP) is 2.43. The van der Waals surface area contributed by atoms with E-state index in [0.717, 1.165) is 32.5 Å². The molecule has 1 N–H and O–H groups in total. The lowest BCUT2D eigenvalue weighted by Gasteiger charge is -2.28. The fraction of sp³-hybridized carbons (Fsp3) is 0.600. The summed E-state index contributed by atoms with van der Waals surface area (Å²) in [6.07, 6.45) is 2.46. The van der Waals surface area contributed by atoms with Crippen LogP contribution in [0.3, 0.4) is 0 Å². The SMILES string of the molecule is CC1CN(C(C)Cc2ccc(O)cc2)CCCO1. The van der Waals surface area contributed by atoms with Crippen LogP contribution in [-0.2, 0) is 11.2 Å². The van der Waals surface area contributed by atoms with Gasteiger partial charge in [0, 0.05) is 25.7 Å². The first kappa shape index (κ1) is 13.4. The Hall–Kier alpha value is -1.06. The van der Waals surface area contributed by atoms with E-state index in [1.807, 2.05) is 12.1 Å². The summed E-state index contributed by atoms with van der Waals surface area (Å²) in [7, 11) is 0. The van der Waals surface area contributed by atoms with E-state index in [-0.39, 0.29) is 0 Å². The molecule has 1 aromatic carbocycles. The zero-order chi connectivity index (χ0) is 13.0. The van der Waals surface area contributed by atoms with Crippen LogP contribution in [0.5, 0.6) is 5.75 Å². The molecule has 1 saturated heterocycles. The maximum atomic E-state index is 9.28. The Kier molecular flexibility index (Phi) is 4.61. The summed E-state index contributed by atoms with van der Waals surface area (Å²) in [5.74, 6) is 0.336. The van der Waals surface area contributed by atoms with Crippen molar-refractivity contribution in [3.8, 4) is 5.75 Å². The van der Waals surface area contributed by atoms with Crippen molar-refractivity contribution >= 4 is 0 Å². The summed E-state index contributed by atoms with van der Waals surface area (Å²) in [5, 5.41) is 9.28. The molecular weight excluding hydrogens is 226 g/mol. The third-order valence-corrected chi connectivity index (χ3v) is 3.57. The lowest BCUT2D eigenvalue weighted by Crippen LogP contribution is -2.38. The standard InChI is InChI=1S/C15H23NO2/c1-12(10-14-4-6-15(17)7-5-14)16-8-3-9-18-13(2)11-16/h4-7,12-13,17H,3,8-11H2,1-2H3. The topological polar surface area (TPSA) is 32.7 Å². The van der Waals surface area contributed by atoms with Gasteiger partial charge in [-0.15, -0.1) is 0 Å². The first-order valence-electron chi connectivity index (χ1n) is 6.78. The lowest BCUT2D eigenvalue weighted by molar-refractivity contribution is 0.0620. The molecule has 0 saturated carbocycles. The highest BCUT2D eigenvalue weighted by Crippen LogP contribution is 2.15. The highest BCUT2D eigenvalue weighted by atomic mass is 16.5. The Balaban J connectivity index is 1.93. The summed E-state index contributed by atoms with van der Waals surface area (Å²) in [5.41, 5.74) is 1.28. The molecule has 1 aromatic rings. The Morgan fingerprint density at radius 2 is 2.11 bits per heavy atom. The number of ether oxygens (including phenoxy) is 1. The van der Waals surface area contributed by atoms with Gasteiger partial charge in [0.15, 0.2) is 0 Å². The molecule has 18 heavy (non-hydrogen) atoms. The Morgan fingerprint density at radius 1 is 1.39 bits per heavy atom. The van der Waals surface area contributed by atoms with E-state index in [2.05, 4.69) is 18.7 Å². The van der Waals surface area contributed by atoms with Crippen molar-refractivity contribution in [2.75, 3.05) is 19.7 Å². The molecular formula is C15H23NO2. The van der Waals surface area contributed by atoms with Gasteiger partial charge in [-0.25, -0.2) is 0 Å². The molecule has 2 unspecified atom stereocenters. The van der Waals surface area contributed by atoms with Gasteiger partial charge >= 0.3 is 0 Å². The maximum Gasteiger partial charge on any atom is 0.115 e. The molecule has 3 heteroatoms. The number of aromatic hydroxyl groups is 1. The zero-order valence-electron chi connectivity index (χ0n) is 11.3. The summed E-state index contributed by atoms with van der Waals surface area (Å²) >= 11 is 0. The van der Waals surface area contributed by atoms with Crippen LogP contribution >= 0.6 is 0 Å². The van der Waals surface area contributed by atoms with Crippen LogP contribution in [-0.4, -0.2) is 41.8 Å². The Bertz CT molecular complexity index is 363. The monoisotopic (exact) mass is 249 g/mol. The number of nitrogens with zero attached hydrogens (tertiary/aromatic N) is 1. The van der Waals surface area contributed by atoms with Crippen molar-refractivity contribution in [2.45, 2.75) is 38.8 Å². The molecule has 100 valence electrons. The minimum Gasteiger partial charge on any atom is -0.508 e. The summed E-state index contributed by atoms with van der Waals surface area (Å²) in [6.45, 7) is 7.42. The van der Waals surface area contributed by atoms with Gasteiger partial charge in [-0.1, -0.05) is 12.1 Å². The second-order valence-corrected chi connectivity index (χ2v) is 5.25. The number of phenols is 1. The van der Waals surface area contributed by atoms with Crippen LogP contribution < -0.4 is 0 Å². The summed E-state index contributed by atoms with van der Waals surface area (Å²) in [6, 6.07) is 8.04. The highest BCUT2D eigenvalue weighted by Gasteiger charge is 2.19. The number of hydrogen-bond acceptors (Lipinski definition) is 3. The molecule has 0 bridgehead atoms. The van der Waals surface area contributed by atoms with Crippen molar-refractivity contribution in [1.29, 1.82) is 0 Å². The van der Waals surface area contributed by atoms with Gasteiger partial charge in [-0.3, -0.25) is 4.90 Å². The van der Waals surface area contributed by atoms with Crippen molar-refractivity contribution in [3.05, 3.63) is 29.8 Å². The number of benzene rings is 1. The predicted molar refractivity (Wildman–Crippen MR) is 72.9 cm³/mol. The van der Waals surface area contributed by atoms with E-state index in [0.29, 0.717) is 17.9 Å². The smallest absolute Gasteiger partial charge is 0.115 e. The van der Waals surface area contributed by atoms with Gasteiger partial charge in [0.2, 0.25) is 0 Å². The van der Waals surface area contributed by atoms with E-state index in [1.165, 1.54) is 5.56 Å². The first-order valence-corrected chi connectivity index (χ1v) is 6.78. The molecule has 3 nitrogen and oxygen atoms in total. The largest absolute Gasteiger partial charge is 0.508 e. The molecule has 0 amide bonds. The summed E-state index contributed by atoms with van der Waals surface area (Å²) in [4.78, 5) is 2.50. The van der Waals surface area contributed by atoms with E-state index in [4.69, 9.17) is 4.74 Å². The van der Waals surface area contributed by atoms with Crippen molar-refractivity contribution < 1.29 is 9.84 Å². The zero-order valence-corrected chi connectivity index (χ0v) is 11.3. The van der Waals surface area contributed by atoms with Gasteiger partial charge in [0.25, 0.3) is 0 Å². The average Bonchev–Trinajstić information content (AvgIpc) is 2.57. The number of rotatable bonds is 3. The second kappa shape index (κ2) is 6.21. The van der Waals surface area contributed by atoms with Crippen LogP contribution in [0, 0.1) is 0 Å². The molecule has 1 aliphatic rings. The number of phenolic OH excluding ortho intramolecular Hbond substituents is 1. The average molecular weight is 249 g/mol. The van der Waals surface area contributed by atoms with Gasteiger partial charge in [0.1, 0.15) is 5.75 Å². The molecule has 1 aliphatic heterocycles. The van der Waals surface area contributed by atoms with Crippen molar-refractivity contribution in [1.82, 2.24) is 4.90 Å². The minimum atomic E-state index is 0.328. The van der Waals surface area contributed by atoms with Crippen LogP contribution in [0.2, 0.25) is 0 Å². The Labute approximate surface area is 109 Å². The molecule has 0 aliphatic carbocycles. The van der Waals surface area contributed by atoms with E-state index >= 15 is 0 Å². The molecule has 0 aromatic heterocycles. The molecule has 1 fully saturated rings. The Morgan fingerprint density at radius 3 is 2.83 bits per heavy atom. The van der Waals surface area contributed by atoms with Crippen LogP contribution in [0.4, 0.5) is 0 Å². The normalized spacial score (nSPS) is 23.6. The van der Waals surface area contributed by atoms with Gasteiger partial charge < -0.3 is 9.84 Å². The number of hydrogen-bond donors (Lipinski definition) is 1. The van der Waals surface area contributed by atoms with Crippen LogP contribution in [0.15, 0.2) is 24.3 Å². The molecule has 2 atom stereocenters. The third-order valence-electron chi connectivity index (χ3n) is 3.57. The van der Waals surface area contributed by atoms with E-state index in [9.17, 15) is 5.11 Å². The molecule has 0 spiro atoms. The van der Waals surface area contributed by atoms with Crippen LogP contribution in [0.25, 0.3) is 0 Å². The highest BCUT2D eigenvalue weighted by molar-refractivity contribution is 5.26. The quantitative estimate of drug-likeness (QED) is 0.893. The third kappa shape index (κ3) is 3.72. The second-order valence-electron chi connectivity index (χ2n) is 5.25. The maximum absolute atomic E-state index is 9.28. The fourth-order valence-corrected chi connectivity index (χ4v) is 2.53. The summed E-state index contributed by atoms with van der Waals surface area (Å²) < 4.78 is 5.67. The van der Waals surface area contributed by atoms with Crippen molar-refractivity contribution in [2.24, 2.45) is 0 Å². The van der Waals surface area contributed by atoms with E-state index in [1.54, 1.807) is 12.1 Å². The van der Waals surface area contributed by atoms with Gasteiger partial charge in [0.05, 0.1) is 6.10 Å². The molecule has 1 heterocycles. The first-order chi connectivity index (χ1) is 8.65. The van der Waals surface area contributed by atoms with E-state index < -0.39 is 0 Å². The van der Waals surface area contributed by atoms with Gasteiger partial charge in [-0.2, -0.15) is 0 Å². The molecule has 0 radical (unpaired) electrons. The van der Waals surface area contributed by atoms with Crippen molar-refractivity contribution in [3.63, 3.8) is 0 Å². The van der Waals surface area contributed by atoms with Crippen LogP contribution in [0.1, 0.15) is 25.8 Å².